The van der Waals surface area contributed by atoms with Crippen LogP contribution in [0.5, 0.6) is 0 Å². The highest BCUT2D eigenvalue weighted by atomic mass is 32.1. The first-order valence-corrected chi connectivity index (χ1v) is 5.68. The van der Waals surface area contributed by atoms with Gasteiger partial charge in [-0.05, 0) is 23.5 Å². The zero-order valence-electron chi connectivity index (χ0n) is 9.06. The maximum atomic E-state index is 5.99. The average molecular weight is 222 g/mol. The normalized spacial score (nSPS) is 11.2. The van der Waals surface area contributed by atoms with Crippen molar-refractivity contribution in [3.63, 3.8) is 0 Å². The van der Waals surface area contributed by atoms with Gasteiger partial charge in [-0.25, -0.2) is 0 Å². The Morgan fingerprint density at radius 1 is 1.47 bits per heavy atom. The molecule has 15 heavy (non-hydrogen) atoms. The molecule has 4 nitrogen and oxygen atoms in total. The van der Waals surface area contributed by atoms with Gasteiger partial charge >= 0.3 is 0 Å². The van der Waals surface area contributed by atoms with Gasteiger partial charge in [0.25, 0.3) is 0 Å². The van der Waals surface area contributed by atoms with E-state index in [1.54, 1.807) is 4.68 Å². The molecule has 0 saturated carbocycles. The summed E-state index contributed by atoms with van der Waals surface area (Å²) < 4.78 is 6.01. The van der Waals surface area contributed by atoms with Gasteiger partial charge in [-0.3, -0.25) is 4.68 Å². The van der Waals surface area contributed by atoms with Gasteiger partial charge in [0.1, 0.15) is 17.2 Å². The Morgan fingerprint density at radius 2 is 2.20 bits per heavy atom. The highest BCUT2D eigenvalue weighted by molar-refractivity contribution is 7.03. The van der Waals surface area contributed by atoms with Crippen molar-refractivity contribution >= 4 is 17.4 Å². The summed E-state index contributed by atoms with van der Waals surface area (Å²) in [4.78, 5) is 0. The van der Waals surface area contributed by atoms with E-state index in [1.165, 1.54) is 11.5 Å². The van der Waals surface area contributed by atoms with E-state index in [4.69, 9.17) is 5.73 Å². The maximum Gasteiger partial charge on any atom is 0.125 e. The molecule has 2 aromatic heterocycles. The van der Waals surface area contributed by atoms with Crippen molar-refractivity contribution in [3.05, 3.63) is 17.0 Å². The summed E-state index contributed by atoms with van der Waals surface area (Å²) >= 11 is 1.43. The first kappa shape index (κ1) is 10.2. The van der Waals surface area contributed by atoms with Gasteiger partial charge in [-0.2, -0.15) is 9.47 Å². The lowest BCUT2D eigenvalue weighted by Crippen LogP contribution is -2.00. The van der Waals surface area contributed by atoms with Crippen molar-refractivity contribution < 1.29 is 0 Å². The Bertz CT molecular complexity index is 456. The second-order valence-electron chi connectivity index (χ2n) is 3.81. The molecule has 0 saturated heterocycles. The van der Waals surface area contributed by atoms with Crippen LogP contribution < -0.4 is 5.73 Å². The third kappa shape index (κ3) is 1.63. The molecule has 2 rings (SSSR count). The first-order chi connectivity index (χ1) is 7.11. The number of anilines is 1. The second-order valence-corrected chi connectivity index (χ2v) is 4.48. The van der Waals surface area contributed by atoms with Gasteiger partial charge < -0.3 is 5.73 Å². The van der Waals surface area contributed by atoms with Crippen molar-refractivity contribution in [2.75, 3.05) is 5.73 Å². The van der Waals surface area contributed by atoms with Crippen molar-refractivity contribution in [2.45, 2.75) is 19.8 Å². The molecule has 0 fully saturated rings. The Balaban J connectivity index is 2.61. The molecule has 0 aliphatic carbocycles. The summed E-state index contributed by atoms with van der Waals surface area (Å²) in [6, 6.07) is 1.97. The van der Waals surface area contributed by atoms with E-state index >= 15 is 0 Å². The van der Waals surface area contributed by atoms with E-state index in [2.05, 4.69) is 23.3 Å². The smallest absolute Gasteiger partial charge is 0.125 e. The number of rotatable bonds is 2. The summed E-state index contributed by atoms with van der Waals surface area (Å²) in [5, 5.41) is 6.36. The van der Waals surface area contributed by atoms with E-state index in [1.807, 2.05) is 18.5 Å². The van der Waals surface area contributed by atoms with Crippen LogP contribution in [-0.2, 0) is 7.05 Å². The van der Waals surface area contributed by atoms with E-state index in [0.29, 0.717) is 5.92 Å². The minimum atomic E-state index is 0.357. The van der Waals surface area contributed by atoms with Crippen LogP contribution in [0.3, 0.4) is 0 Å². The minimum Gasteiger partial charge on any atom is -0.384 e. The molecular formula is C10H14N4S. The van der Waals surface area contributed by atoms with Crippen LogP contribution in [0.15, 0.2) is 11.4 Å². The van der Waals surface area contributed by atoms with Crippen LogP contribution in [0, 0.1) is 0 Å². The van der Waals surface area contributed by atoms with Crippen LogP contribution in [0.1, 0.15) is 25.3 Å². The van der Waals surface area contributed by atoms with Gasteiger partial charge in [0, 0.05) is 18.0 Å². The molecular weight excluding hydrogens is 208 g/mol. The lowest BCUT2D eigenvalue weighted by Gasteiger charge is -2.05. The van der Waals surface area contributed by atoms with Gasteiger partial charge in [0.05, 0.1) is 0 Å². The number of nitrogens with zero attached hydrogens (tertiary/aromatic N) is 3. The molecule has 5 heteroatoms. The van der Waals surface area contributed by atoms with Gasteiger partial charge in [0.2, 0.25) is 0 Å². The molecule has 0 bridgehead atoms. The molecule has 0 spiro atoms. The third-order valence-corrected chi connectivity index (χ3v) is 2.95. The van der Waals surface area contributed by atoms with Crippen LogP contribution in [0.2, 0.25) is 0 Å². The Labute approximate surface area is 92.9 Å². The zero-order valence-corrected chi connectivity index (χ0v) is 9.88. The van der Waals surface area contributed by atoms with Crippen molar-refractivity contribution in [1.29, 1.82) is 0 Å². The van der Waals surface area contributed by atoms with E-state index in [0.717, 1.165) is 22.8 Å². The largest absolute Gasteiger partial charge is 0.384 e. The fourth-order valence-electron chi connectivity index (χ4n) is 1.65. The molecule has 2 N–H and O–H groups in total. The second kappa shape index (κ2) is 3.66. The summed E-state index contributed by atoms with van der Waals surface area (Å²) in [5.41, 5.74) is 8.89. The lowest BCUT2D eigenvalue weighted by atomic mass is 10.0. The highest BCUT2D eigenvalue weighted by Crippen LogP contribution is 2.31. The molecule has 0 aromatic carbocycles. The summed E-state index contributed by atoms with van der Waals surface area (Å²) in [6.45, 7) is 4.23. The van der Waals surface area contributed by atoms with Crippen LogP contribution >= 0.6 is 11.5 Å². The Morgan fingerprint density at radius 3 is 2.73 bits per heavy atom. The monoisotopic (exact) mass is 222 g/mol. The van der Waals surface area contributed by atoms with Crippen LogP contribution in [-0.4, -0.2) is 14.2 Å². The zero-order chi connectivity index (χ0) is 11.0. The fourth-order valence-corrected chi connectivity index (χ4v) is 2.16. The molecule has 2 heterocycles. The fraction of sp³-hybridized carbons (Fsp3) is 0.400. The number of nitrogen functional groups attached to an aromatic ring is 1. The van der Waals surface area contributed by atoms with E-state index in [-0.39, 0.29) is 0 Å². The maximum absolute atomic E-state index is 5.99. The van der Waals surface area contributed by atoms with Crippen molar-refractivity contribution in [3.8, 4) is 11.4 Å². The van der Waals surface area contributed by atoms with E-state index < -0.39 is 0 Å². The molecule has 0 radical (unpaired) electrons. The summed E-state index contributed by atoms with van der Waals surface area (Å²) in [5.74, 6) is 1.09. The molecule has 0 aliphatic heterocycles. The summed E-state index contributed by atoms with van der Waals surface area (Å²) in [6.07, 6.45) is 0. The predicted molar refractivity (Wildman–Crippen MR) is 62.8 cm³/mol. The van der Waals surface area contributed by atoms with Crippen LogP contribution in [0.25, 0.3) is 11.4 Å². The van der Waals surface area contributed by atoms with Gasteiger partial charge in [0.15, 0.2) is 0 Å². The quantitative estimate of drug-likeness (QED) is 0.847. The molecule has 0 amide bonds. The number of aromatic nitrogens is 3. The number of hydrogen-bond donors (Lipinski definition) is 1. The average Bonchev–Trinajstić information content (AvgIpc) is 2.75. The summed E-state index contributed by atoms with van der Waals surface area (Å²) in [7, 11) is 1.86. The Kier molecular flexibility index (Phi) is 2.48. The Hall–Kier alpha value is -1.36. The molecule has 0 aliphatic rings. The van der Waals surface area contributed by atoms with Gasteiger partial charge in [-0.1, -0.05) is 13.8 Å². The lowest BCUT2D eigenvalue weighted by molar-refractivity contribution is 0.779. The first-order valence-electron chi connectivity index (χ1n) is 4.84. The molecule has 2 aromatic rings. The van der Waals surface area contributed by atoms with Crippen molar-refractivity contribution in [1.82, 2.24) is 14.2 Å². The van der Waals surface area contributed by atoms with E-state index in [9.17, 15) is 0 Å². The molecule has 0 unspecified atom stereocenters. The topological polar surface area (TPSA) is 56.7 Å². The number of nitrogens with two attached hydrogens (primary N) is 1. The number of aryl methyl sites for hydroxylation is 1. The standard InChI is InChI=1S/C10H14N4S/c1-6(2)8-9(7-4-5-15-13-7)12-14(3)10(8)11/h4-6H,11H2,1-3H3. The van der Waals surface area contributed by atoms with Crippen molar-refractivity contribution in [2.24, 2.45) is 7.05 Å². The van der Waals surface area contributed by atoms with Crippen LogP contribution in [0.4, 0.5) is 5.82 Å². The van der Waals surface area contributed by atoms with Gasteiger partial charge in [-0.15, -0.1) is 0 Å². The predicted octanol–water partition coefficient (Wildman–Crippen LogP) is 2.25. The molecule has 80 valence electrons. The SMILES string of the molecule is CC(C)c1c(-c2ccsn2)nn(C)c1N. The minimum absolute atomic E-state index is 0.357. The third-order valence-electron chi connectivity index (χ3n) is 2.39. The molecule has 0 atom stereocenters. The number of hydrogen-bond acceptors (Lipinski definition) is 4. The highest BCUT2D eigenvalue weighted by Gasteiger charge is 2.19.